The fourth-order valence-electron chi connectivity index (χ4n) is 2.75. The van der Waals surface area contributed by atoms with Crippen LogP contribution >= 0.6 is 23.8 Å². The Kier molecular flexibility index (Phi) is 5.59. The monoisotopic (exact) mass is 385 g/mol. The van der Waals surface area contributed by atoms with Gasteiger partial charge in [-0.3, -0.25) is 4.79 Å². The lowest BCUT2D eigenvalue weighted by molar-refractivity contribution is 0.863. The molecular formula is C20H20ClN3OS. The number of anilines is 1. The van der Waals surface area contributed by atoms with E-state index in [4.69, 9.17) is 23.8 Å². The Morgan fingerprint density at radius 1 is 1.15 bits per heavy atom. The number of pyridine rings is 1. The van der Waals surface area contributed by atoms with E-state index in [9.17, 15) is 4.79 Å². The Morgan fingerprint density at radius 3 is 2.65 bits per heavy atom. The number of aromatic nitrogens is 1. The Bertz CT molecular complexity index is 1030. The van der Waals surface area contributed by atoms with Gasteiger partial charge in [-0.1, -0.05) is 23.7 Å². The molecule has 134 valence electrons. The summed E-state index contributed by atoms with van der Waals surface area (Å²) < 4.78 is 0. The van der Waals surface area contributed by atoms with Crippen molar-refractivity contribution in [1.82, 2.24) is 10.3 Å². The van der Waals surface area contributed by atoms with Gasteiger partial charge >= 0.3 is 0 Å². The van der Waals surface area contributed by atoms with E-state index in [1.807, 2.05) is 37.3 Å². The minimum absolute atomic E-state index is 0.0625. The van der Waals surface area contributed by atoms with E-state index < -0.39 is 0 Å². The zero-order chi connectivity index (χ0) is 18.7. The second-order valence-corrected chi connectivity index (χ2v) is 7.07. The topological polar surface area (TPSA) is 56.9 Å². The highest BCUT2D eigenvalue weighted by Crippen LogP contribution is 2.20. The van der Waals surface area contributed by atoms with Crippen LogP contribution in [0.1, 0.15) is 16.7 Å². The Labute approximate surface area is 162 Å². The molecule has 3 N–H and O–H groups in total. The molecule has 0 bridgehead atoms. The normalized spacial score (nSPS) is 10.7. The van der Waals surface area contributed by atoms with Crippen LogP contribution in [-0.4, -0.2) is 16.6 Å². The molecule has 26 heavy (non-hydrogen) atoms. The highest BCUT2D eigenvalue weighted by molar-refractivity contribution is 7.80. The SMILES string of the molecule is Cc1cc2cc(CCNC(=S)Nc3ccccc3Cl)c(=O)[nH]c2cc1C. The first kappa shape index (κ1) is 18.4. The lowest BCUT2D eigenvalue weighted by Gasteiger charge is -2.12. The molecule has 0 saturated heterocycles. The Hall–Kier alpha value is -2.37. The van der Waals surface area contributed by atoms with Gasteiger partial charge in [-0.25, -0.2) is 0 Å². The summed E-state index contributed by atoms with van der Waals surface area (Å²) in [4.78, 5) is 15.3. The van der Waals surface area contributed by atoms with Crippen molar-refractivity contribution in [3.63, 3.8) is 0 Å². The first-order valence-electron chi connectivity index (χ1n) is 8.36. The number of benzene rings is 2. The summed E-state index contributed by atoms with van der Waals surface area (Å²) in [5.74, 6) is 0. The summed E-state index contributed by atoms with van der Waals surface area (Å²) in [5.41, 5.74) is 4.66. The molecule has 0 unspecified atom stereocenters. The molecule has 3 rings (SSSR count). The molecule has 0 aliphatic heterocycles. The van der Waals surface area contributed by atoms with Gasteiger partial charge in [0, 0.05) is 17.6 Å². The molecule has 0 aliphatic rings. The zero-order valence-corrected chi connectivity index (χ0v) is 16.2. The second kappa shape index (κ2) is 7.89. The van der Waals surface area contributed by atoms with Crippen molar-refractivity contribution in [2.45, 2.75) is 20.3 Å². The van der Waals surface area contributed by atoms with Gasteiger partial charge in [0.2, 0.25) is 0 Å². The van der Waals surface area contributed by atoms with Gasteiger partial charge in [0.25, 0.3) is 5.56 Å². The first-order valence-corrected chi connectivity index (χ1v) is 9.15. The smallest absolute Gasteiger partial charge is 0.251 e. The standard InChI is InChI=1S/C20H20ClN3OS/c1-12-9-15-11-14(19(25)23-18(15)10-13(12)2)7-8-22-20(26)24-17-6-4-3-5-16(17)21/h3-6,9-11H,7-8H2,1-2H3,(H,23,25)(H2,22,24,26). The average Bonchev–Trinajstić information content (AvgIpc) is 2.59. The lowest BCUT2D eigenvalue weighted by Crippen LogP contribution is -2.31. The van der Waals surface area contributed by atoms with Gasteiger partial charge in [-0.15, -0.1) is 0 Å². The summed E-state index contributed by atoms with van der Waals surface area (Å²) in [7, 11) is 0. The number of aromatic amines is 1. The van der Waals surface area contributed by atoms with E-state index >= 15 is 0 Å². The van der Waals surface area contributed by atoms with Gasteiger partial charge in [-0.05, 0) is 79.3 Å². The van der Waals surface area contributed by atoms with Crippen LogP contribution in [-0.2, 0) is 6.42 Å². The molecule has 1 heterocycles. The Balaban J connectivity index is 1.65. The third-order valence-corrected chi connectivity index (χ3v) is 4.91. The van der Waals surface area contributed by atoms with Crippen LogP contribution in [0.5, 0.6) is 0 Å². The summed E-state index contributed by atoms with van der Waals surface area (Å²) >= 11 is 11.4. The number of halogens is 1. The van der Waals surface area contributed by atoms with E-state index in [1.54, 1.807) is 6.07 Å². The van der Waals surface area contributed by atoms with Crippen molar-refractivity contribution >= 4 is 45.5 Å². The maximum atomic E-state index is 12.3. The molecule has 6 heteroatoms. The molecule has 1 aromatic heterocycles. The highest BCUT2D eigenvalue weighted by atomic mass is 35.5. The minimum Gasteiger partial charge on any atom is -0.362 e. The number of nitrogens with one attached hydrogen (secondary N) is 3. The molecule has 4 nitrogen and oxygen atoms in total. The van der Waals surface area contributed by atoms with Crippen molar-refractivity contribution in [1.29, 1.82) is 0 Å². The molecule has 0 atom stereocenters. The predicted molar refractivity (Wildman–Crippen MR) is 113 cm³/mol. The van der Waals surface area contributed by atoms with Crippen molar-refractivity contribution in [2.24, 2.45) is 0 Å². The number of fused-ring (bicyclic) bond motifs is 1. The van der Waals surface area contributed by atoms with Gasteiger partial charge < -0.3 is 15.6 Å². The summed E-state index contributed by atoms with van der Waals surface area (Å²) in [5, 5.41) is 8.29. The van der Waals surface area contributed by atoms with Crippen LogP contribution < -0.4 is 16.2 Å². The quantitative estimate of drug-likeness (QED) is 0.585. The van der Waals surface area contributed by atoms with Crippen LogP contribution in [0.25, 0.3) is 10.9 Å². The third kappa shape index (κ3) is 4.23. The number of H-pyrrole nitrogens is 1. The van der Waals surface area contributed by atoms with Crippen LogP contribution in [0.15, 0.2) is 47.3 Å². The van der Waals surface area contributed by atoms with Gasteiger partial charge in [-0.2, -0.15) is 0 Å². The third-order valence-electron chi connectivity index (χ3n) is 4.34. The summed E-state index contributed by atoms with van der Waals surface area (Å²) in [6.45, 7) is 4.66. The average molecular weight is 386 g/mol. The second-order valence-electron chi connectivity index (χ2n) is 6.26. The van der Waals surface area contributed by atoms with E-state index in [0.717, 1.165) is 22.2 Å². The molecule has 0 spiro atoms. The molecule has 0 fully saturated rings. The van der Waals surface area contributed by atoms with Crippen LogP contribution in [0.2, 0.25) is 5.02 Å². The van der Waals surface area contributed by atoms with Gasteiger partial charge in [0.05, 0.1) is 10.7 Å². The van der Waals surface area contributed by atoms with Gasteiger partial charge in [0.15, 0.2) is 5.11 Å². The fourth-order valence-corrected chi connectivity index (χ4v) is 3.14. The maximum Gasteiger partial charge on any atom is 0.251 e. The van der Waals surface area contributed by atoms with Crippen molar-refractivity contribution in [3.8, 4) is 0 Å². The molecule has 0 aliphatic carbocycles. The molecular weight excluding hydrogens is 366 g/mol. The lowest BCUT2D eigenvalue weighted by atomic mass is 10.0. The van der Waals surface area contributed by atoms with Crippen LogP contribution in [0.4, 0.5) is 5.69 Å². The van der Waals surface area contributed by atoms with Crippen LogP contribution in [0, 0.1) is 13.8 Å². The number of hydrogen-bond acceptors (Lipinski definition) is 2. The number of rotatable bonds is 4. The molecule has 0 saturated carbocycles. The first-order chi connectivity index (χ1) is 12.4. The summed E-state index contributed by atoms with van der Waals surface area (Å²) in [6, 6.07) is 13.5. The molecule has 3 aromatic rings. The van der Waals surface area contributed by atoms with E-state index in [2.05, 4.69) is 28.6 Å². The Morgan fingerprint density at radius 2 is 1.88 bits per heavy atom. The fraction of sp³-hybridized carbons (Fsp3) is 0.200. The highest BCUT2D eigenvalue weighted by Gasteiger charge is 2.06. The maximum absolute atomic E-state index is 12.3. The number of hydrogen-bond donors (Lipinski definition) is 3. The largest absolute Gasteiger partial charge is 0.362 e. The van der Waals surface area contributed by atoms with Gasteiger partial charge in [0.1, 0.15) is 0 Å². The van der Waals surface area contributed by atoms with Crippen molar-refractivity contribution in [2.75, 3.05) is 11.9 Å². The van der Waals surface area contributed by atoms with E-state index in [0.29, 0.717) is 23.1 Å². The number of para-hydroxylation sites is 1. The number of aryl methyl sites for hydroxylation is 2. The minimum atomic E-state index is -0.0625. The number of thiocarbonyl (C=S) groups is 1. The van der Waals surface area contributed by atoms with E-state index in [-0.39, 0.29) is 5.56 Å². The predicted octanol–water partition coefficient (Wildman–Crippen LogP) is 4.33. The molecule has 0 amide bonds. The van der Waals surface area contributed by atoms with Crippen LogP contribution in [0.3, 0.4) is 0 Å². The van der Waals surface area contributed by atoms with Crippen molar-refractivity contribution in [3.05, 3.63) is 74.5 Å². The zero-order valence-electron chi connectivity index (χ0n) is 14.7. The molecule has 0 radical (unpaired) electrons. The molecule has 2 aromatic carbocycles. The summed E-state index contributed by atoms with van der Waals surface area (Å²) in [6.07, 6.45) is 0.572. The van der Waals surface area contributed by atoms with E-state index in [1.165, 1.54) is 11.1 Å². The van der Waals surface area contributed by atoms with Crippen molar-refractivity contribution < 1.29 is 0 Å².